The van der Waals surface area contributed by atoms with Gasteiger partial charge in [-0.05, 0) is 36.1 Å². The Hall–Kier alpha value is -1.84. The van der Waals surface area contributed by atoms with Gasteiger partial charge in [0.1, 0.15) is 11.5 Å². The molecule has 2 rings (SSSR count). The van der Waals surface area contributed by atoms with Crippen LogP contribution in [0.5, 0.6) is 5.75 Å². The lowest BCUT2D eigenvalue weighted by Gasteiger charge is -2.10. The molecule has 4 heteroatoms. The molecule has 0 saturated heterocycles. The Bertz CT molecular complexity index is 536. The molecule has 1 aliphatic carbocycles. The summed E-state index contributed by atoms with van der Waals surface area (Å²) in [6.07, 6.45) is 5.84. The first-order chi connectivity index (χ1) is 10.7. The number of esters is 1. The standard InChI is InChI=1S/C18H24O4/c1-21-14-9-10-15-13(11-14)12-17(19)16(15)7-5-3-4-6-8-18(20)22-2/h9-11,16H,3-8,12H2,1-2H3. The van der Waals surface area contributed by atoms with E-state index in [1.807, 2.05) is 18.2 Å². The molecule has 120 valence electrons. The number of rotatable bonds is 8. The smallest absolute Gasteiger partial charge is 0.305 e. The van der Waals surface area contributed by atoms with Crippen molar-refractivity contribution in [1.82, 2.24) is 0 Å². The minimum Gasteiger partial charge on any atom is -0.497 e. The van der Waals surface area contributed by atoms with Crippen LogP contribution in [0.15, 0.2) is 18.2 Å². The molecule has 0 bridgehead atoms. The highest BCUT2D eigenvalue weighted by molar-refractivity contribution is 5.92. The Morgan fingerprint density at radius 2 is 1.95 bits per heavy atom. The Morgan fingerprint density at radius 3 is 2.68 bits per heavy atom. The summed E-state index contributed by atoms with van der Waals surface area (Å²) in [7, 11) is 3.06. The van der Waals surface area contributed by atoms with Gasteiger partial charge in [0.2, 0.25) is 0 Å². The number of Topliss-reactive ketones (excluding diaryl/α,β-unsaturated/α-hetero) is 1. The molecule has 0 radical (unpaired) electrons. The van der Waals surface area contributed by atoms with Crippen LogP contribution in [0.3, 0.4) is 0 Å². The maximum absolute atomic E-state index is 12.2. The minimum atomic E-state index is -0.145. The molecular formula is C18H24O4. The normalized spacial score (nSPS) is 16.5. The first-order valence-electron chi connectivity index (χ1n) is 7.92. The maximum atomic E-state index is 12.2. The van der Waals surface area contributed by atoms with Crippen molar-refractivity contribution in [3.05, 3.63) is 29.3 Å². The van der Waals surface area contributed by atoms with Crippen LogP contribution < -0.4 is 4.74 Å². The summed E-state index contributed by atoms with van der Waals surface area (Å²) in [6.45, 7) is 0. The zero-order valence-corrected chi connectivity index (χ0v) is 13.4. The first-order valence-corrected chi connectivity index (χ1v) is 7.92. The Kier molecular flexibility index (Phi) is 5.99. The van der Waals surface area contributed by atoms with Crippen LogP contribution in [0, 0.1) is 0 Å². The van der Waals surface area contributed by atoms with E-state index in [9.17, 15) is 9.59 Å². The van der Waals surface area contributed by atoms with Crippen molar-refractivity contribution in [2.75, 3.05) is 14.2 Å². The van der Waals surface area contributed by atoms with E-state index >= 15 is 0 Å². The van der Waals surface area contributed by atoms with Crippen molar-refractivity contribution in [3.8, 4) is 5.75 Å². The number of methoxy groups -OCH3 is 2. The van der Waals surface area contributed by atoms with E-state index in [1.165, 1.54) is 12.7 Å². The van der Waals surface area contributed by atoms with Gasteiger partial charge in [-0.15, -0.1) is 0 Å². The van der Waals surface area contributed by atoms with Crippen LogP contribution in [-0.2, 0) is 20.7 Å². The van der Waals surface area contributed by atoms with Crippen LogP contribution in [0.4, 0.5) is 0 Å². The molecule has 0 saturated carbocycles. The van der Waals surface area contributed by atoms with Crippen LogP contribution in [0.2, 0.25) is 0 Å². The van der Waals surface area contributed by atoms with E-state index in [0.717, 1.165) is 43.4 Å². The number of carbonyl (C=O) groups excluding carboxylic acids is 2. The van der Waals surface area contributed by atoms with Gasteiger partial charge >= 0.3 is 5.97 Å². The highest BCUT2D eigenvalue weighted by Crippen LogP contribution is 2.36. The SMILES string of the molecule is COC(=O)CCCCCCC1C(=O)Cc2cc(OC)ccc21. The van der Waals surface area contributed by atoms with Gasteiger partial charge in [-0.25, -0.2) is 0 Å². The molecule has 1 aromatic rings. The molecule has 0 aliphatic heterocycles. The number of carbonyl (C=O) groups is 2. The second-order valence-corrected chi connectivity index (χ2v) is 5.79. The second kappa shape index (κ2) is 7.97. The fraction of sp³-hybridized carbons (Fsp3) is 0.556. The summed E-state index contributed by atoms with van der Waals surface area (Å²) in [4.78, 5) is 23.2. The average Bonchev–Trinajstić information content (AvgIpc) is 2.84. The average molecular weight is 304 g/mol. The van der Waals surface area contributed by atoms with Gasteiger partial charge in [-0.3, -0.25) is 9.59 Å². The molecule has 1 aromatic carbocycles. The highest BCUT2D eigenvalue weighted by atomic mass is 16.5. The maximum Gasteiger partial charge on any atom is 0.305 e. The Balaban J connectivity index is 1.77. The Labute approximate surface area is 131 Å². The number of ether oxygens (including phenoxy) is 2. The molecule has 0 N–H and O–H groups in total. The summed E-state index contributed by atoms with van der Waals surface area (Å²) in [5.74, 6) is 1.03. The monoisotopic (exact) mass is 304 g/mol. The molecule has 1 atom stereocenters. The quantitative estimate of drug-likeness (QED) is 0.545. The van der Waals surface area contributed by atoms with E-state index < -0.39 is 0 Å². The molecular weight excluding hydrogens is 280 g/mol. The molecule has 1 unspecified atom stereocenters. The second-order valence-electron chi connectivity index (χ2n) is 5.79. The van der Waals surface area contributed by atoms with Gasteiger partial charge in [-0.2, -0.15) is 0 Å². The number of fused-ring (bicyclic) bond motifs is 1. The van der Waals surface area contributed by atoms with Crippen LogP contribution in [-0.4, -0.2) is 26.0 Å². The molecule has 4 nitrogen and oxygen atoms in total. The predicted molar refractivity (Wildman–Crippen MR) is 84.2 cm³/mol. The van der Waals surface area contributed by atoms with Gasteiger partial charge in [-0.1, -0.05) is 25.3 Å². The fourth-order valence-electron chi connectivity index (χ4n) is 3.08. The highest BCUT2D eigenvalue weighted by Gasteiger charge is 2.30. The number of hydrogen-bond acceptors (Lipinski definition) is 4. The molecule has 0 fully saturated rings. The van der Waals surface area contributed by atoms with Crippen molar-refractivity contribution < 1.29 is 19.1 Å². The van der Waals surface area contributed by atoms with E-state index in [4.69, 9.17) is 4.74 Å². The van der Waals surface area contributed by atoms with Gasteiger partial charge in [0.05, 0.1) is 14.2 Å². The van der Waals surface area contributed by atoms with Crippen molar-refractivity contribution in [1.29, 1.82) is 0 Å². The minimum absolute atomic E-state index is 0.0431. The van der Waals surface area contributed by atoms with Gasteiger partial charge in [0.15, 0.2) is 0 Å². The molecule has 1 aliphatic rings. The zero-order chi connectivity index (χ0) is 15.9. The lowest BCUT2D eigenvalue weighted by molar-refractivity contribution is -0.140. The largest absolute Gasteiger partial charge is 0.497 e. The van der Waals surface area contributed by atoms with Gasteiger partial charge in [0, 0.05) is 18.8 Å². The molecule has 22 heavy (non-hydrogen) atoms. The first kappa shape index (κ1) is 16.5. The zero-order valence-electron chi connectivity index (χ0n) is 13.4. The van der Waals surface area contributed by atoms with Crippen LogP contribution >= 0.6 is 0 Å². The molecule has 0 heterocycles. The fourth-order valence-corrected chi connectivity index (χ4v) is 3.08. The third-order valence-corrected chi connectivity index (χ3v) is 4.33. The van der Waals surface area contributed by atoms with Crippen molar-refractivity contribution in [3.63, 3.8) is 0 Å². The molecule has 0 spiro atoms. The topological polar surface area (TPSA) is 52.6 Å². The summed E-state index contributed by atoms with van der Waals surface area (Å²) in [6, 6.07) is 5.94. The lowest BCUT2D eigenvalue weighted by Crippen LogP contribution is -2.06. The van der Waals surface area contributed by atoms with Crippen molar-refractivity contribution in [2.24, 2.45) is 0 Å². The lowest BCUT2D eigenvalue weighted by atomic mass is 9.94. The summed E-state index contributed by atoms with van der Waals surface area (Å²) in [5, 5.41) is 0. The van der Waals surface area contributed by atoms with Gasteiger partial charge in [0.25, 0.3) is 0 Å². The van der Waals surface area contributed by atoms with Crippen LogP contribution in [0.1, 0.15) is 55.6 Å². The molecule has 0 aromatic heterocycles. The van der Waals surface area contributed by atoms with E-state index in [0.29, 0.717) is 18.6 Å². The van der Waals surface area contributed by atoms with Gasteiger partial charge < -0.3 is 9.47 Å². The third-order valence-electron chi connectivity index (χ3n) is 4.33. The van der Waals surface area contributed by atoms with E-state index in [1.54, 1.807) is 7.11 Å². The molecule has 0 amide bonds. The predicted octanol–water partition coefficient (Wildman–Crippen LogP) is 3.42. The Morgan fingerprint density at radius 1 is 1.18 bits per heavy atom. The number of benzene rings is 1. The number of hydrogen-bond donors (Lipinski definition) is 0. The summed E-state index contributed by atoms with van der Waals surface area (Å²) < 4.78 is 9.83. The van der Waals surface area contributed by atoms with E-state index in [2.05, 4.69) is 4.74 Å². The number of ketones is 1. The van der Waals surface area contributed by atoms with Crippen molar-refractivity contribution >= 4 is 11.8 Å². The summed E-state index contributed by atoms with van der Waals surface area (Å²) >= 11 is 0. The third kappa shape index (κ3) is 4.09. The van der Waals surface area contributed by atoms with Crippen molar-refractivity contribution in [2.45, 2.75) is 50.9 Å². The van der Waals surface area contributed by atoms with E-state index in [-0.39, 0.29) is 11.9 Å². The number of unbranched alkanes of at least 4 members (excludes halogenated alkanes) is 3. The van der Waals surface area contributed by atoms with Crippen LogP contribution in [0.25, 0.3) is 0 Å². The summed E-state index contributed by atoms with van der Waals surface area (Å²) in [5.41, 5.74) is 2.28.